The van der Waals surface area contributed by atoms with Crippen LogP contribution in [0.1, 0.15) is 17.3 Å². The van der Waals surface area contributed by atoms with Gasteiger partial charge in [0.25, 0.3) is 5.56 Å². The summed E-state index contributed by atoms with van der Waals surface area (Å²) in [5, 5.41) is 0. The lowest BCUT2D eigenvalue weighted by Gasteiger charge is -2.06. The topological polar surface area (TPSA) is 59.2 Å². The van der Waals surface area contributed by atoms with Gasteiger partial charge in [0.2, 0.25) is 0 Å². The summed E-state index contributed by atoms with van der Waals surface area (Å²) in [7, 11) is 0. The summed E-state index contributed by atoms with van der Waals surface area (Å²) >= 11 is 0. The van der Waals surface area contributed by atoms with Crippen LogP contribution in [0.5, 0.6) is 0 Å². The van der Waals surface area contributed by atoms with Gasteiger partial charge in [-0.25, -0.2) is 4.79 Å². The summed E-state index contributed by atoms with van der Waals surface area (Å²) in [5.41, 5.74) is 3.34. The maximum Gasteiger partial charge on any atom is 0.343 e. The number of esters is 1. The number of hydrogen-bond donors (Lipinski definition) is 1. The van der Waals surface area contributed by atoms with Gasteiger partial charge in [0.05, 0.1) is 6.61 Å². The molecule has 2 aromatic carbocycles. The fourth-order valence-electron chi connectivity index (χ4n) is 2.48. The number of aromatic nitrogens is 1. The molecule has 0 saturated heterocycles. The SMILES string of the molecule is CCOC(=O)c1ccc(-c2ccc(-c3ccccc3)cc2)[nH]c1=O. The number of aromatic amines is 1. The Balaban J connectivity index is 1.88. The van der Waals surface area contributed by atoms with E-state index in [1.54, 1.807) is 13.0 Å². The van der Waals surface area contributed by atoms with Crippen molar-refractivity contribution in [2.24, 2.45) is 0 Å². The van der Waals surface area contributed by atoms with Gasteiger partial charge in [-0.3, -0.25) is 4.79 Å². The number of hydrogen-bond acceptors (Lipinski definition) is 3. The predicted octanol–water partition coefficient (Wildman–Crippen LogP) is 3.89. The minimum absolute atomic E-state index is 0.0153. The van der Waals surface area contributed by atoms with Crippen molar-refractivity contribution in [2.75, 3.05) is 6.61 Å². The van der Waals surface area contributed by atoms with Crippen LogP contribution >= 0.6 is 0 Å². The van der Waals surface area contributed by atoms with Crippen LogP contribution in [0.4, 0.5) is 0 Å². The van der Waals surface area contributed by atoms with Crippen molar-refractivity contribution in [2.45, 2.75) is 6.92 Å². The molecule has 3 aromatic rings. The van der Waals surface area contributed by atoms with E-state index in [1.165, 1.54) is 6.07 Å². The Kier molecular flexibility index (Phi) is 4.57. The van der Waals surface area contributed by atoms with E-state index in [0.717, 1.165) is 16.7 Å². The highest BCUT2D eigenvalue weighted by molar-refractivity contribution is 5.89. The highest BCUT2D eigenvalue weighted by Gasteiger charge is 2.12. The lowest BCUT2D eigenvalue weighted by molar-refractivity contribution is 0.0524. The van der Waals surface area contributed by atoms with E-state index in [-0.39, 0.29) is 12.2 Å². The number of rotatable bonds is 4. The lowest BCUT2D eigenvalue weighted by atomic mass is 10.0. The van der Waals surface area contributed by atoms with Crippen LogP contribution in [0, 0.1) is 0 Å². The average molecular weight is 319 g/mol. The van der Waals surface area contributed by atoms with Gasteiger partial charge in [0.15, 0.2) is 0 Å². The highest BCUT2D eigenvalue weighted by atomic mass is 16.5. The van der Waals surface area contributed by atoms with Crippen LogP contribution in [0.15, 0.2) is 71.5 Å². The number of carbonyl (C=O) groups excluding carboxylic acids is 1. The summed E-state index contributed by atoms with van der Waals surface area (Å²) in [6.45, 7) is 1.94. The summed E-state index contributed by atoms with van der Waals surface area (Å²) in [6.07, 6.45) is 0. The number of carbonyl (C=O) groups is 1. The molecule has 4 nitrogen and oxygen atoms in total. The maximum absolute atomic E-state index is 12.1. The Morgan fingerprint density at radius 1 is 0.875 bits per heavy atom. The minimum Gasteiger partial charge on any atom is -0.462 e. The van der Waals surface area contributed by atoms with Crippen molar-refractivity contribution in [1.29, 1.82) is 0 Å². The number of H-pyrrole nitrogens is 1. The third-order valence-corrected chi connectivity index (χ3v) is 3.71. The van der Waals surface area contributed by atoms with Crippen molar-refractivity contribution in [1.82, 2.24) is 4.98 Å². The van der Waals surface area contributed by atoms with E-state index in [1.807, 2.05) is 54.6 Å². The van der Waals surface area contributed by atoms with Gasteiger partial charge in [-0.15, -0.1) is 0 Å². The van der Waals surface area contributed by atoms with Crippen LogP contribution in [0.25, 0.3) is 22.4 Å². The van der Waals surface area contributed by atoms with E-state index in [0.29, 0.717) is 5.69 Å². The zero-order valence-electron chi connectivity index (χ0n) is 13.3. The van der Waals surface area contributed by atoms with Crippen molar-refractivity contribution < 1.29 is 9.53 Å². The number of ether oxygens (including phenoxy) is 1. The first kappa shape index (κ1) is 15.7. The van der Waals surface area contributed by atoms with Crippen LogP contribution in [0.3, 0.4) is 0 Å². The fraction of sp³-hybridized carbons (Fsp3) is 0.100. The van der Waals surface area contributed by atoms with Crippen molar-refractivity contribution in [3.8, 4) is 22.4 Å². The Bertz CT molecular complexity index is 896. The lowest BCUT2D eigenvalue weighted by Crippen LogP contribution is -2.19. The van der Waals surface area contributed by atoms with E-state index < -0.39 is 11.5 Å². The summed E-state index contributed by atoms with van der Waals surface area (Å²) < 4.78 is 4.86. The molecule has 0 bridgehead atoms. The Hall–Kier alpha value is -3.14. The molecule has 0 saturated carbocycles. The molecule has 0 aliphatic heterocycles. The molecule has 0 aliphatic carbocycles. The first-order valence-corrected chi connectivity index (χ1v) is 7.75. The highest BCUT2D eigenvalue weighted by Crippen LogP contribution is 2.23. The Morgan fingerprint density at radius 2 is 1.50 bits per heavy atom. The standard InChI is InChI=1S/C20H17NO3/c1-2-24-20(23)17-12-13-18(21-19(17)22)16-10-8-15(9-11-16)14-6-4-3-5-7-14/h3-13H,2H2,1H3,(H,21,22). The first-order valence-electron chi connectivity index (χ1n) is 7.75. The minimum atomic E-state index is -0.607. The quantitative estimate of drug-likeness (QED) is 0.742. The predicted molar refractivity (Wildman–Crippen MR) is 93.9 cm³/mol. The summed E-state index contributed by atoms with van der Waals surface area (Å²) in [4.78, 5) is 26.5. The van der Waals surface area contributed by atoms with Gasteiger partial charge in [0.1, 0.15) is 5.56 Å². The maximum atomic E-state index is 12.1. The molecule has 1 N–H and O–H groups in total. The van der Waals surface area contributed by atoms with Crippen molar-refractivity contribution >= 4 is 5.97 Å². The molecular weight excluding hydrogens is 302 g/mol. The van der Waals surface area contributed by atoms with Crippen LogP contribution in [0.2, 0.25) is 0 Å². The molecule has 1 heterocycles. The normalized spacial score (nSPS) is 10.4. The second-order valence-electron chi connectivity index (χ2n) is 5.28. The third-order valence-electron chi connectivity index (χ3n) is 3.71. The molecule has 120 valence electrons. The van der Waals surface area contributed by atoms with Crippen molar-refractivity contribution in [3.05, 3.63) is 82.6 Å². The monoisotopic (exact) mass is 319 g/mol. The second-order valence-corrected chi connectivity index (χ2v) is 5.28. The molecule has 4 heteroatoms. The summed E-state index contributed by atoms with van der Waals surface area (Å²) in [5.74, 6) is -0.607. The van der Waals surface area contributed by atoms with E-state index in [4.69, 9.17) is 4.74 Å². The van der Waals surface area contributed by atoms with Gasteiger partial charge in [0, 0.05) is 5.69 Å². The number of nitrogens with one attached hydrogen (secondary N) is 1. The molecule has 0 aliphatic rings. The smallest absolute Gasteiger partial charge is 0.343 e. The van der Waals surface area contributed by atoms with Crippen molar-refractivity contribution in [3.63, 3.8) is 0 Å². The van der Waals surface area contributed by atoms with Crippen LogP contribution in [-0.4, -0.2) is 17.6 Å². The second kappa shape index (κ2) is 6.96. The molecule has 0 fully saturated rings. The molecule has 0 spiro atoms. The molecule has 1 aromatic heterocycles. The van der Waals surface area contributed by atoms with Gasteiger partial charge >= 0.3 is 5.97 Å². The zero-order chi connectivity index (χ0) is 16.9. The average Bonchev–Trinajstić information content (AvgIpc) is 2.62. The number of benzene rings is 2. The molecule has 0 atom stereocenters. The molecule has 0 amide bonds. The molecule has 3 rings (SSSR count). The zero-order valence-corrected chi connectivity index (χ0v) is 13.3. The molecule has 0 radical (unpaired) electrons. The van der Waals surface area contributed by atoms with Gasteiger partial charge in [-0.1, -0.05) is 54.6 Å². The molecule has 24 heavy (non-hydrogen) atoms. The van der Waals surface area contributed by atoms with Crippen LogP contribution in [-0.2, 0) is 4.74 Å². The molecular formula is C20H17NO3. The van der Waals surface area contributed by atoms with Gasteiger partial charge in [-0.05, 0) is 35.7 Å². The van der Waals surface area contributed by atoms with Crippen LogP contribution < -0.4 is 5.56 Å². The molecule has 0 unspecified atom stereocenters. The fourth-order valence-corrected chi connectivity index (χ4v) is 2.48. The van der Waals surface area contributed by atoms with Gasteiger partial charge < -0.3 is 9.72 Å². The van der Waals surface area contributed by atoms with E-state index >= 15 is 0 Å². The van der Waals surface area contributed by atoms with E-state index in [9.17, 15) is 9.59 Å². The summed E-state index contributed by atoms with van der Waals surface area (Å²) in [6, 6.07) is 21.2. The van der Waals surface area contributed by atoms with Gasteiger partial charge in [-0.2, -0.15) is 0 Å². The Labute approximate surface area is 139 Å². The largest absolute Gasteiger partial charge is 0.462 e. The Morgan fingerprint density at radius 3 is 2.12 bits per heavy atom. The van der Waals surface area contributed by atoms with E-state index in [2.05, 4.69) is 4.98 Å². The first-order chi connectivity index (χ1) is 11.7. The third kappa shape index (κ3) is 3.27. The number of pyridine rings is 1.